The average Bonchev–Trinajstić information content (AvgIpc) is 3.05. The van der Waals surface area contributed by atoms with Gasteiger partial charge in [0, 0.05) is 15.7 Å². The van der Waals surface area contributed by atoms with E-state index in [4.69, 9.17) is 27.9 Å². The van der Waals surface area contributed by atoms with Gasteiger partial charge < -0.3 is 15.2 Å². The number of benzene rings is 3. The van der Waals surface area contributed by atoms with Crippen LogP contribution >= 0.6 is 23.2 Å². The summed E-state index contributed by atoms with van der Waals surface area (Å²) in [6.45, 7) is 0. The van der Waals surface area contributed by atoms with Gasteiger partial charge in [-0.25, -0.2) is 9.36 Å². The summed E-state index contributed by atoms with van der Waals surface area (Å²) in [7, 11) is 1.53. The van der Waals surface area contributed by atoms with Crippen molar-refractivity contribution < 1.29 is 14.6 Å². The summed E-state index contributed by atoms with van der Waals surface area (Å²) in [6.07, 6.45) is 0. The number of hydrogen-bond donors (Lipinski definition) is 2. The monoisotopic (exact) mass is 469 g/mol. The van der Waals surface area contributed by atoms with Gasteiger partial charge in [0.05, 0.1) is 18.5 Å². The van der Waals surface area contributed by atoms with Gasteiger partial charge in [-0.3, -0.25) is 9.59 Å². The summed E-state index contributed by atoms with van der Waals surface area (Å²) in [5.74, 6) is -0.656. The Morgan fingerprint density at radius 3 is 1.84 bits per heavy atom. The van der Waals surface area contributed by atoms with E-state index in [9.17, 15) is 14.7 Å². The van der Waals surface area contributed by atoms with Crippen molar-refractivity contribution in [2.24, 2.45) is 0 Å². The number of anilines is 1. The standard InChI is InChI=1S/C23H17Cl2N3O4/c1-32-19-12-6-16(7-13-19)26-21(29)20-22(30)27(17-8-2-14(24)3-9-17)28(23(20)31)18-10-4-15(25)5-11-18/h2-13,30H,1H3,(H,26,29). The molecule has 9 heteroatoms. The first-order valence-electron chi connectivity index (χ1n) is 9.43. The Hall–Kier alpha value is -3.68. The third-order valence-corrected chi connectivity index (χ3v) is 5.25. The summed E-state index contributed by atoms with van der Waals surface area (Å²) in [5.41, 5.74) is 0.166. The van der Waals surface area contributed by atoms with E-state index >= 15 is 0 Å². The zero-order valence-corrected chi connectivity index (χ0v) is 18.3. The minimum Gasteiger partial charge on any atom is -0.497 e. The highest BCUT2D eigenvalue weighted by atomic mass is 35.5. The van der Waals surface area contributed by atoms with Gasteiger partial charge in [0.15, 0.2) is 5.56 Å². The van der Waals surface area contributed by atoms with Crippen molar-refractivity contribution in [3.63, 3.8) is 0 Å². The first-order chi connectivity index (χ1) is 15.4. The molecule has 4 rings (SSSR count). The molecule has 0 aliphatic rings. The van der Waals surface area contributed by atoms with Crippen molar-refractivity contribution in [2.45, 2.75) is 0 Å². The Bertz CT molecular complexity index is 1330. The fourth-order valence-corrected chi connectivity index (χ4v) is 3.45. The van der Waals surface area contributed by atoms with Crippen LogP contribution in [0.15, 0.2) is 77.6 Å². The number of amides is 1. The van der Waals surface area contributed by atoms with E-state index < -0.39 is 22.9 Å². The van der Waals surface area contributed by atoms with E-state index in [-0.39, 0.29) is 0 Å². The van der Waals surface area contributed by atoms with Crippen LogP contribution < -0.4 is 15.6 Å². The van der Waals surface area contributed by atoms with Gasteiger partial charge in [0.1, 0.15) is 5.75 Å². The highest BCUT2D eigenvalue weighted by molar-refractivity contribution is 6.30. The first kappa shape index (κ1) is 21.5. The van der Waals surface area contributed by atoms with Crippen LogP contribution in [0.1, 0.15) is 10.4 Å². The lowest BCUT2D eigenvalue weighted by atomic mass is 10.2. The zero-order valence-electron chi connectivity index (χ0n) is 16.8. The Morgan fingerprint density at radius 2 is 1.34 bits per heavy atom. The van der Waals surface area contributed by atoms with Crippen molar-refractivity contribution in [3.8, 4) is 23.0 Å². The van der Waals surface area contributed by atoms with Crippen LogP contribution in [0, 0.1) is 0 Å². The van der Waals surface area contributed by atoms with E-state index in [1.807, 2.05) is 0 Å². The van der Waals surface area contributed by atoms with Gasteiger partial charge in [0.2, 0.25) is 5.88 Å². The number of nitrogens with zero attached hydrogens (tertiary/aromatic N) is 2. The number of aromatic hydroxyl groups is 1. The lowest BCUT2D eigenvalue weighted by molar-refractivity contribution is 0.102. The largest absolute Gasteiger partial charge is 0.497 e. The number of ether oxygens (including phenoxy) is 1. The van der Waals surface area contributed by atoms with Gasteiger partial charge in [-0.1, -0.05) is 23.2 Å². The summed E-state index contributed by atoms with van der Waals surface area (Å²) < 4.78 is 7.54. The molecule has 0 atom stereocenters. The van der Waals surface area contributed by atoms with Gasteiger partial charge in [-0.15, -0.1) is 0 Å². The molecule has 0 saturated heterocycles. The molecule has 1 amide bonds. The molecule has 162 valence electrons. The zero-order chi connectivity index (χ0) is 22.8. The van der Waals surface area contributed by atoms with Crippen LogP contribution in [0.2, 0.25) is 10.0 Å². The third kappa shape index (κ3) is 4.08. The van der Waals surface area contributed by atoms with Crippen LogP contribution in [0.25, 0.3) is 11.4 Å². The van der Waals surface area contributed by atoms with Gasteiger partial charge in [0.25, 0.3) is 11.5 Å². The number of halogens is 2. The third-order valence-electron chi connectivity index (χ3n) is 4.75. The fourth-order valence-electron chi connectivity index (χ4n) is 3.19. The Labute approximate surface area is 193 Å². The predicted octanol–water partition coefficient (Wildman–Crippen LogP) is 4.90. The highest BCUT2D eigenvalue weighted by Crippen LogP contribution is 2.26. The molecular weight excluding hydrogens is 453 g/mol. The van der Waals surface area contributed by atoms with E-state index in [0.29, 0.717) is 32.9 Å². The van der Waals surface area contributed by atoms with E-state index in [2.05, 4.69) is 5.32 Å². The summed E-state index contributed by atoms with van der Waals surface area (Å²) in [5, 5.41) is 14.6. The van der Waals surface area contributed by atoms with E-state index in [1.54, 1.807) is 72.8 Å². The van der Waals surface area contributed by atoms with Crippen LogP contribution in [0.5, 0.6) is 11.6 Å². The van der Waals surface area contributed by atoms with Crippen molar-refractivity contribution in [2.75, 3.05) is 12.4 Å². The molecule has 4 aromatic rings. The number of hydrogen-bond acceptors (Lipinski definition) is 4. The molecule has 0 aliphatic carbocycles. The number of aromatic nitrogens is 2. The Kier molecular flexibility index (Phi) is 5.94. The van der Waals surface area contributed by atoms with Gasteiger partial charge in [-0.05, 0) is 72.8 Å². The van der Waals surface area contributed by atoms with Crippen LogP contribution in [0.4, 0.5) is 5.69 Å². The maximum Gasteiger partial charge on any atom is 0.288 e. The highest BCUT2D eigenvalue weighted by Gasteiger charge is 2.27. The molecule has 0 radical (unpaired) electrons. The van der Waals surface area contributed by atoms with E-state index in [1.165, 1.54) is 16.5 Å². The lowest BCUT2D eigenvalue weighted by Gasteiger charge is -2.12. The summed E-state index contributed by atoms with van der Waals surface area (Å²) >= 11 is 12.0. The molecule has 0 unspecified atom stereocenters. The Morgan fingerprint density at radius 1 is 0.844 bits per heavy atom. The minimum atomic E-state index is -0.756. The molecule has 1 heterocycles. The fraction of sp³-hybridized carbons (Fsp3) is 0.0435. The van der Waals surface area contributed by atoms with E-state index in [0.717, 1.165) is 0 Å². The second kappa shape index (κ2) is 8.82. The molecule has 0 spiro atoms. The molecule has 0 fully saturated rings. The Balaban J connectivity index is 1.85. The number of carbonyl (C=O) groups is 1. The normalized spacial score (nSPS) is 10.7. The van der Waals surface area contributed by atoms with Gasteiger partial charge in [-0.2, -0.15) is 0 Å². The lowest BCUT2D eigenvalue weighted by Crippen LogP contribution is -2.25. The van der Waals surface area contributed by atoms with Crippen molar-refractivity contribution in [1.82, 2.24) is 9.36 Å². The smallest absolute Gasteiger partial charge is 0.288 e. The van der Waals surface area contributed by atoms with Crippen molar-refractivity contribution in [3.05, 3.63) is 98.8 Å². The SMILES string of the molecule is COc1ccc(NC(=O)c2c(O)n(-c3ccc(Cl)cc3)n(-c3ccc(Cl)cc3)c2=O)cc1. The maximum atomic E-state index is 13.3. The van der Waals surface area contributed by atoms with Crippen molar-refractivity contribution >= 4 is 34.8 Å². The molecule has 3 aromatic carbocycles. The molecule has 7 nitrogen and oxygen atoms in total. The topological polar surface area (TPSA) is 85.5 Å². The number of carbonyl (C=O) groups excluding carboxylic acids is 1. The molecule has 1 aromatic heterocycles. The second-order valence-corrected chi connectivity index (χ2v) is 7.64. The first-order valence-corrected chi connectivity index (χ1v) is 10.2. The molecular formula is C23H17Cl2N3O4. The summed E-state index contributed by atoms with van der Waals surface area (Å²) in [6, 6.07) is 19.5. The molecule has 0 saturated carbocycles. The molecule has 0 aliphatic heterocycles. The second-order valence-electron chi connectivity index (χ2n) is 6.76. The maximum absolute atomic E-state index is 13.3. The van der Waals surface area contributed by atoms with Gasteiger partial charge >= 0.3 is 0 Å². The van der Waals surface area contributed by atoms with Crippen LogP contribution in [-0.4, -0.2) is 27.5 Å². The number of nitrogens with one attached hydrogen (secondary N) is 1. The number of methoxy groups -OCH3 is 1. The average molecular weight is 470 g/mol. The molecule has 2 N–H and O–H groups in total. The molecule has 32 heavy (non-hydrogen) atoms. The number of rotatable bonds is 5. The molecule has 0 bridgehead atoms. The van der Waals surface area contributed by atoms with Crippen LogP contribution in [-0.2, 0) is 0 Å². The minimum absolute atomic E-state index is 0.410. The van der Waals surface area contributed by atoms with Crippen molar-refractivity contribution in [1.29, 1.82) is 0 Å². The predicted molar refractivity (Wildman–Crippen MR) is 124 cm³/mol. The summed E-state index contributed by atoms with van der Waals surface area (Å²) in [4.78, 5) is 26.3. The van der Waals surface area contributed by atoms with Crippen LogP contribution in [0.3, 0.4) is 0 Å². The quantitative estimate of drug-likeness (QED) is 0.435.